The Hall–Kier alpha value is -0.580. The molecule has 2 aromatic rings. The van der Waals surface area contributed by atoms with E-state index in [2.05, 4.69) is 5.32 Å². The van der Waals surface area contributed by atoms with E-state index in [1.165, 1.54) is 11.8 Å². The molecule has 0 saturated heterocycles. The number of benzene rings is 2. The van der Waals surface area contributed by atoms with Gasteiger partial charge in [0.05, 0.1) is 15.8 Å². The molecule has 0 fully saturated rings. The number of carbonyl (C=O) groups is 1. The summed E-state index contributed by atoms with van der Waals surface area (Å²) in [4.78, 5) is 11.9. The smallest absolute Gasteiger partial charge is 0.230 e. The molecule has 0 spiro atoms. The van der Waals surface area contributed by atoms with Crippen LogP contribution in [0.4, 0.5) is 0 Å². The van der Waals surface area contributed by atoms with Gasteiger partial charge in [-0.3, -0.25) is 4.79 Å². The van der Waals surface area contributed by atoms with E-state index in [1.807, 2.05) is 12.1 Å². The van der Waals surface area contributed by atoms with Gasteiger partial charge in [0, 0.05) is 22.3 Å². The number of amides is 1. The summed E-state index contributed by atoms with van der Waals surface area (Å²) in [6.07, 6.45) is 0. The van der Waals surface area contributed by atoms with Crippen LogP contribution in [0.3, 0.4) is 0 Å². The van der Waals surface area contributed by atoms with Crippen LogP contribution in [0.25, 0.3) is 0 Å². The Kier molecular flexibility index (Phi) is 7.38. The van der Waals surface area contributed by atoms with Gasteiger partial charge in [0.1, 0.15) is 0 Å². The topological polar surface area (TPSA) is 29.1 Å². The van der Waals surface area contributed by atoms with Crippen LogP contribution in [0.5, 0.6) is 0 Å². The van der Waals surface area contributed by atoms with Gasteiger partial charge in [-0.25, -0.2) is 0 Å². The molecule has 0 aliphatic carbocycles. The van der Waals surface area contributed by atoms with Crippen molar-refractivity contribution in [3.05, 3.63) is 67.6 Å². The SMILES string of the molecule is O=C(CSCc1ccc(Cl)c(Cl)c1)NCc1ccc(Cl)cc1Cl. The van der Waals surface area contributed by atoms with Gasteiger partial charge in [-0.05, 0) is 35.4 Å². The monoisotopic (exact) mass is 407 g/mol. The van der Waals surface area contributed by atoms with E-state index in [0.29, 0.717) is 38.1 Å². The van der Waals surface area contributed by atoms with Crippen molar-refractivity contribution in [2.75, 3.05) is 5.75 Å². The molecule has 0 unspecified atom stereocenters. The van der Waals surface area contributed by atoms with Crippen molar-refractivity contribution in [2.45, 2.75) is 12.3 Å². The molecule has 1 amide bonds. The van der Waals surface area contributed by atoms with Gasteiger partial charge in [-0.1, -0.05) is 58.5 Å². The van der Waals surface area contributed by atoms with Crippen molar-refractivity contribution in [3.8, 4) is 0 Å². The Morgan fingerprint density at radius 3 is 2.43 bits per heavy atom. The van der Waals surface area contributed by atoms with Gasteiger partial charge in [0.2, 0.25) is 5.91 Å². The lowest BCUT2D eigenvalue weighted by atomic mass is 10.2. The summed E-state index contributed by atoms with van der Waals surface area (Å²) < 4.78 is 0. The van der Waals surface area contributed by atoms with Gasteiger partial charge in [-0.2, -0.15) is 0 Å². The molecule has 0 aliphatic heterocycles. The molecule has 2 nitrogen and oxygen atoms in total. The number of rotatable bonds is 6. The number of hydrogen-bond donors (Lipinski definition) is 1. The number of halogens is 4. The molecule has 2 aromatic carbocycles. The highest BCUT2D eigenvalue weighted by atomic mass is 35.5. The predicted octanol–water partition coefficient (Wildman–Crippen LogP) is 5.85. The summed E-state index contributed by atoms with van der Waals surface area (Å²) in [5.41, 5.74) is 1.86. The number of hydrogen-bond acceptors (Lipinski definition) is 2. The van der Waals surface area contributed by atoms with Crippen molar-refractivity contribution in [1.29, 1.82) is 0 Å². The van der Waals surface area contributed by atoms with Crippen molar-refractivity contribution in [3.63, 3.8) is 0 Å². The van der Waals surface area contributed by atoms with E-state index < -0.39 is 0 Å². The molecular weight excluding hydrogens is 396 g/mol. The maximum Gasteiger partial charge on any atom is 0.230 e. The zero-order valence-electron chi connectivity index (χ0n) is 11.9. The molecular formula is C16H13Cl4NOS. The third-order valence-corrected chi connectivity index (χ3v) is 5.31. The molecule has 0 bridgehead atoms. The van der Waals surface area contributed by atoms with Crippen LogP contribution in [0.2, 0.25) is 20.1 Å². The van der Waals surface area contributed by atoms with E-state index >= 15 is 0 Å². The minimum absolute atomic E-state index is 0.0546. The fraction of sp³-hybridized carbons (Fsp3) is 0.188. The quantitative estimate of drug-likeness (QED) is 0.649. The van der Waals surface area contributed by atoms with E-state index in [4.69, 9.17) is 46.4 Å². The second kappa shape index (κ2) is 9.05. The van der Waals surface area contributed by atoms with Gasteiger partial charge in [0.25, 0.3) is 0 Å². The third kappa shape index (κ3) is 6.09. The molecule has 0 radical (unpaired) electrons. The van der Waals surface area contributed by atoms with E-state index in [1.54, 1.807) is 24.3 Å². The Bertz CT molecular complexity index is 708. The van der Waals surface area contributed by atoms with Gasteiger partial charge < -0.3 is 5.32 Å². The molecule has 0 atom stereocenters. The minimum atomic E-state index is -0.0546. The van der Waals surface area contributed by atoms with Crippen LogP contribution in [0, 0.1) is 0 Å². The largest absolute Gasteiger partial charge is 0.351 e. The lowest BCUT2D eigenvalue weighted by Crippen LogP contribution is -2.24. The first kappa shape index (κ1) is 18.8. The standard InChI is InChI=1S/C16H13Cl4NOS/c17-12-3-2-11(14(19)6-12)7-21-16(22)9-23-8-10-1-4-13(18)15(20)5-10/h1-6H,7-9H2,(H,21,22). The number of nitrogens with one attached hydrogen (secondary N) is 1. The maximum absolute atomic E-state index is 11.9. The third-order valence-electron chi connectivity index (χ3n) is 2.98. The summed E-state index contributed by atoms with van der Waals surface area (Å²) in [7, 11) is 0. The Balaban J connectivity index is 1.75. The van der Waals surface area contributed by atoms with Crippen LogP contribution in [-0.2, 0) is 17.1 Å². The molecule has 0 aromatic heterocycles. The van der Waals surface area contributed by atoms with Crippen LogP contribution in [0.1, 0.15) is 11.1 Å². The lowest BCUT2D eigenvalue weighted by Gasteiger charge is -2.08. The van der Waals surface area contributed by atoms with E-state index in [9.17, 15) is 4.79 Å². The summed E-state index contributed by atoms with van der Waals surface area (Å²) in [5, 5.41) is 4.99. The maximum atomic E-state index is 11.9. The normalized spacial score (nSPS) is 10.6. The molecule has 0 saturated carbocycles. The fourth-order valence-electron chi connectivity index (χ4n) is 1.80. The first-order valence-electron chi connectivity index (χ1n) is 6.68. The summed E-state index contributed by atoms with van der Waals surface area (Å²) in [6, 6.07) is 10.7. The van der Waals surface area contributed by atoms with Crippen LogP contribution in [-0.4, -0.2) is 11.7 Å². The van der Waals surface area contributed by atoms with Gasteiger partial charge in [0.15, 0.2) is 0 Å². The molecule has 122 valence electrons. The molecule has 2 rings (SSSR count). The molecule has 23 heavy (non-hydrogen) atoms. The molecule has 0 aliphatic rings. The average molecular weight is 409 g/mol. The summed E-state index contributed by atoms with van der Waals surface area (Å²) in [5.74, 6) is 0.985. The predicted molar refractivity (Wildman–Crippen MR) is 101 cm³/mol. The first-order valence-corrected chi connectivity index (χ1v) is 9.34. The van der Waals surface area contributed by atoms with Crippen LogP contribution in [0.15, 0.2) is 36.4 Å². The second-order valence-electron chi connectivity index (χ2n) is 4.75. The fourth-order valence-corrected chi connectivity index (χ4v) is 3.40. The average Bonchev–Trinajstić information content (AvgIpc) is 2.50. The second-order valence-corrected chi connectivity index (χ2v) is 7.40. The highest BCUT2D eigenvalue weighted by molar-refractivity contribution is 7.99. The number of carbonyl (C=O) groups excluding carboxylic acids is 1. The summed E-state index contributed by atoms with van der Waals surface area (Å²) >= 11 is 25.2. The zero-order valence-corrected chi connectivity index (χ0v) is 15.8. The van der Waals surface area contributed by atoms with Crippen LogP contribution >= 0.6 is 58.2 Å². The van der Waals surface area contributed by atoms with Crippen molar-refractivity contribution >= 4 is 64.1 Å². The van der Waals surface area contributed by atoms with E-state index in [-0.39, 0.29) is 5.91 Å². The van der Waals surface area contributed by atoms with Gasteiger partial charge >= 0.3 is 0 Å². The molecule has 0 heterocycles. The Labute approximate surface area is 159 Å². The zero-order chi connectivity index (χ0) is 16.8. The van der Waals surface area contributed by atoms with Gasteiger partial charge in [-0.15, -0.1) is 11.8 Å². The highest BCUT2D eigenvalue weighted by Gasteiger charge is 2.06. The Morgan fingerprint density at radius 2 is 1.74 bits per heavy atom. The first-order chi connectivity index (χ1) is 11.0. The highest BCUT2D eigenvalue weighted by Crippen LogP contribution is 2.24. The lowest BCUT2D eigenvalue weighted by molar-refractivity contribution is -0.118. The molecule has 7 heteroatoms. The minimum Gasteiger partial charge on any atom is -0.351 e. The summed E-state index contributed by atoms with van der Waals surface area (Å²) in [6.45, 7) is 0.377. The Morgan fingerprint density at radius 1 is 0.957 bits per heavy atom. The molecule has 1 N–H and O–H groups in total. The van der Waals surface area contributed by atoms with Crippen molar-refractivity contribution < 1.29 is 4.79 Å². The van der Waals surface area contributed by atoms with Crippen molar-refractivity contribution in [2.24, 2.45) is 0 Å². The van der Waals surface area contributed by atoms with Crippen LogP contribution < -0.4 is 5.32 Å². The van der Waals surface area contributed by atoms with Crippen molar-refractivity contribution in [1.82, 2.24) is 5.32 Å². The number of thioether (sulfide) groups is 1. The van der Waals surface area contributed by atoms with E-state index in [0.717, 1.165) is 11.1 Å².